The molecule has 0 bridgehead atoms. The molecular formula is C32H37N5O4. The van der Waals surface area contributed by atoms with Gasteiger partial charge < -0.3 is 18.8 Å². The van der Waals surface area contributed by atoms with Gasteiger partial charge >= 0.3 is 0 Å². The Balaban J connectivity index is 1.47. The van der Waals surface area contributed by atoms with Crippen LogP contribution in [0.25, 0.3) is 11.0 Å². The van der Waals surface area contributed by atoms with Crippen LogP contribution in [0.4, 0.5) is 11.4 Å². The molecule has 5 rings (SSSR count). The van der Waals surface area contributed by atoms with Crippen molar-refractivity contribution < 1.29 is 14.0 Å². The van der Waals surface area contributed by atoms with Crippen LogP contribution in [0.2, 0.25) is 0 Å². The number of fused-ring (bicyclic) bond motifs is 2. The molecule has 0 fully saturated rings. The molecule has 3 aromatic heterocycles. The van der Waals surface area contributed by atoms with Gasteiger partial charge in [-0.05, 0) is 76.1 Å². The van der Waals surface area contributed by atoms with Gasteiger partial charge in [-0.1, -0.05) is 12.1 Å². The van der Waals surface area contributed by atoms with Crippen molar-refractivity contribution in [3.63, 3.8) is 0 Å². The van der Waals surface area contributed by atoms with E-state index in [4.69, 9.17) is 4.42 Å². The lowest BCUT2D eigenvalue weighted by Crippen LogP contribution is -2.47. The number of carbonyl (C=O) groups is 2. The molecular weight excluding hydrogens is 518 g/mol. The molecule has 2 amide bonds. The Morgan fingerprint density at radius 3 is 2.46 bits per heavy atom. The third kappa shape index (κ3) is 5.29. The largest absolute Gasteiger partial charge is 0.464 e. The summed E-state index contributed by atoms with van der Waals surface area (Å²) in [7, 11) is 1.73. The van der Waals surface area contributed by atoms with Gasteiger partial charge in [0, 0.05) is 57.4 Å². The summed E-state index contributed by atoms with van der Waals surface area (Å²) < 4.78 is 7.09. The number of carbonyl (C=O) groups excluding carboxylic acids is 2. The quantitative estimate of drug-likeness (QED) is 0.294. The van der Waals surface area contributed by atoms with Crippen molar-refractivity contribution >= 4 is 34.2 Å². The molecule has 4 aromatic rings. The highest BCUT2D eigenvalue weighted by Crippen LogP contribution is 2.39. The number of aromatic nitrogens is 2. The van der Waals surface area contributed by atoms with Crippen LogP contribution >= 0.6 is 0 Å². The van der Waals surface area contributed by atoms with Gasteiger partial charge in [0.15, 0.2) is 0 Å². The maximum atomic E-state index is 13.3. The van der Waals surface area contributed by atoms with E-state index in [0.29, 0.717) is 49.4 Å². The molecule has 1 aliphatic rings. The van der Waals surface area contributed by atoms with Gasteiger partial charge in [-0.15, -0.1) is 0 Å². The lowest BCUT2D eigenvalue weighted by atomic mass is 9.90. The van der Waals surface area contributed by atoms with Crippen LogP contribution < -0.4 is 15.4 Å². The molecule has 4 heterocycles. The minimum absolute atomic E-state index is 0.0820. The molecule has 0 saturated carbocycles. The van der Waals surface area contributed by atoms with Gasteiger partial charge in [0.2, 0.25) is 11.8 Å². The molecule has 1 aliphatic heterocycles. The van der Waals surface area contributed by atoms with E-state index in [9.17, 15) is 14.4 Å². The Hall–Kier alpha value is -4.24. The van der Waals surface area contributed by atoms with Gasteiger partial charge in [0.1, 0.15) is 11.0 Å². The van der Waals surface area contributed by atoms with Gasteiger partial charge in [0.25, 0.3) is 5.56 Å². The number of furan rings is 1. The molecule has 0 unspecified atom stereocenters. The summed E-state index contributed by atoms with van der Waals surface area (Å²) in [5.41, 5.74) is 4.83. The van der Waals surface area contributed by atoms with Crippen LogP contribution in [0.1, 0.15) is 43.3 Å². The molecule has 9 heteroatoms. The number of benzene rings is 1. The van der Waals surface area contributed by atoms with Crippen LogP contribution in [-0.2, 0) is 29.2 Å². The second-order valence-corrected chi connectivity index (χ2v) is 11.3. The first-order chi connectivity index (χ1) is 19.5. The van der Waals surface area contributed by atoms with Crippen molar-refractivity contribution in [3.05, 3.63) is 87.8 Å². The number of hydrogen-bond donors (Lipinski definition) is 0. The summed E-state index contributed by atoms with van der Waals surface area (Å²) >= 11 is 0. The number of nitrogens with zero attached hydrogens (tertiary/aromatic N) is 5. The second kappa shape index (κ2) is 11.0. The molecule has 0 N–H and O–H groups in total. The minimum Gasteiger partial charge on any atom is -0.464 e. The smallest absolute Gasteiger partial charge is 0.261 e. The molecule has 41 heavy (non-hydrogen) atoms. The zero-order valence-electron chi connectivity index (χ0n) is 24.6. The molecule has 0 spiro atoms. The Morgan fingerprint density at radius 1 is 0.951 bits per heavy atom. The number of anilines is 2. The lowest BCUT2D eigenvalue weighted by molar-refractivity contribution is -0.137. The normalized spacial score (nSPS) is 15.1. The number of hydrogen-bond acceptors (Lipinski definition) is 6. The van der Waals surface area contributed by atoms with Gasteiger partial charge in [-0.3, -0.25) is 24.3 Å². The summed E-state index contributed by atoms with van der Waals surface area (Å²) in [6, 6.07) is 13.6. The van der Waals surface area contributed by atoms with Crippen LogP contribution in [-0.4, -0.2) is 46.4 Å². The summed E-state index contributed by atoms with van der Waals surface area (Å²) in [4.78, 5) is 49.8. The van der Waals surface area contributed by atoms with E-state index >= 15 is 0 Å². The van der Waals surface area contributed by atoms with Crippen LogP contribution in [0.5, 0.6) is 0 Å². The first-order valence-corrected chi connectivity index (χ1v) is 14.0. The van der Waals surface area contributed by atoms with Crippen molar-refractivity contribution in [1.29, 1.82) is 0 Å². The fourth-order valence-electron chi connectivity index (χ4n) is 5.57. The number of amides is 2. The van der Waals surface area contributed by atoms with Gasteiger partial charge in [-0.2, -0.15) is 0 Å². The van der Waals surface area contributed by atoms with Crippen molar-refractivity contribution in [2.45, 2.75) is 54.3 Å². The van der Waals surface area contributed by atoms with Crippen molar-refractivity contribution in [2.75, 3.05) is 29.9 Å². The van der Waals surface area contributed by atoms with Gasteiger partial charge in [-0.25, -0.2) is 0 Å². The second-order valence-electron chi connectivity index (χ2n) is 11.3. The lowest BCUT2D eigenvalue weighted by Gasteiger charge is -2.27. The third-order valence-corrected chi connectivity index (χ3v) is 8.01. The van der Waals surface area contributed by atoms with E-state index < -0.39 is 5.41 Å². The topological polar surface area (TPSA) is 91.9 Å². The molecule has 0 radical (unpaired) electrons. The summed E-state index contributed by atoms with van der Waals surface area (Å²) in [6.45, 7) is 12.1. The Bertz CT molecular complexity index is 1690. The maximum absolute atomic E-state index is 13.3. The highest BCUT2D eigenvalue weighted by Gasteiger charge is 2.45. The SMILES string of the molecule is CCN1C(=O)C(C)(C)C(=O)N(C)c2cc(CN(CCn3ccc4occc4c3=O)Cc3ccc(C)nc3C)ccc21. The highest BCUT2D eigenvalue weighted by molar-refractivity contribution is 6.19. The fraction of sp³-hybridized carbons (Fsp3) is 0.375. The first kappa shape index (κ1) is 28.3. The Kier molecular flexibility index (Phi) is 7.57. The van der Waals surface area contributed by atoms with Crippen LogP contribution in [0.15, 0.2) is 64.1 Å². The predicted molar refractivity (Wildman–Crippen MR) is 160 cm³/mol. The standard InChI is InChI=1S/C32H37N5O4/c1-7-37-26-11-9-23(18-27(26)34(6)30(39)32(4,5)31(37)40)19-35(20-24-10-8-21(2)33-22(24)3)15-16-36-14-12-28-25(29(36)38)13-17-41-28/h8-14,17-18H,7,15-16,19-20H2,1-6H3. The van der Waals surface area contributed by atoms with Crippen molar-refractivity contribution in [2.24, 2.45) is 5.41 Å². The first-order valence-electron chi connectivity index (χ1n) is 14.0. The number of rotatable bonds is 8. The number of aryl methyl sites for hydroxylation is 2. The highest BCUT2D eigenvalue weighted by atomic mass is 16.3. The number of pyridine rings is 2. The summed E-state index contributed by atoms with van der Waals surface area (Å²) in [5, 5.41) is 0.564. The summed E-state index contributed by atoms with van der Waals surface area (Å²) in [5.74, 6) is -0.434. The molecule has 9 nitrogen and oxygen atoms in total. The van der Waals surface area contributed by atoms with Crippen LogP contribution in [0.3, 0.4) is 0 Å². The zero-order valence-corrected chi connectivity index (χ0v) is 24.6. The fourth-order valence-corrected chi connectivity index (χ4v) is 5.57. The Morgan fingerprint density at radius 2 is 1.73 bits per heavy atom. The molecule has 1 aromatic carbocycles. The average molecular weight is 556 g/mol. The molecule has 214 valence electrons. The minimum atomic E-state index is -1.16. The van der Waals surface area contributed by atoms with E-state index in [2.05, 4.69) is 16.0 Å². The van der Waals surface area contributed by atoms with E-state index in [1.54, 1.807) is 47.5 Å². The van der Waals surface area contributed by atoms with Crippen molar-refractivity contribution in [3.8, 4) is 0 Å². The monoisotopic (exact) mass is 555 g/mol. The molecule has 0 aliphatic carbocycles. The van der Waals surface area contributed by atoms with Gasteiger partial charge in [0.05, 0.1) is 23.0 Å². The van der Waals surface area contributed by atoms with E-state index in [1.807, 2.05) is 51.1 Å². The molecule has 0 atom stereocenters. The van der Waals surface area contributed by atoms with Crippen molar-refractivity contribution in [1.82, 2.24) is 14.5 Å². The average Bonchev–Trinajstić information content (AvgIpc) is 3.42. The Labute approximate surface area is 240 Å². The molecule has 0 saturated heterocycles. The maximum Gasteiger partial charge on any atom is 0.261 e. The summed E-state index contributed by atoms with van der Waals surface area (Å²) in [6.07, 6.45) is 3.30. The van der Waals surface area contributed by atoms with E-state index in [0.717, 1.165) is 28.2 Å². The van der Waals surface area contributed by atoms with Crippen LogP contribution in [0, 0.1) is 19.3 Å². The predicted octanol–water partition coefficient (Wildman–Crippen LogP) is 4.66. The third-order valence-electron chi connectivity index (χ3n) is 8.01. The zero-order chi connectivity index (χ0) is 29.5. The van der Waals surface area contributed by atoms with E-state index in [-0.39, 0.29) is 17.4 Å². The van der Waals surface area contributed by atoms with E-state index in [1.165, 1.54) is 6.26 Å².